The summed E-state index contributed by atoms with van der Waals surface area (Å²) in [5.74, 6) is 1.62. The van der Waals surface area contributed by atoms with Gasteiger partial charge in [0.05, 0.1) is 29.5 Å². The number of nitrogens with zero attached hydrogens (tertiary/aromatic N) is 3. The summed E-state index contributed by atoms with van der Waals surface area (Å²) in [4.78, 5) is 13.5. The summed E-state index contributed by atoms with van der Waals surface area (Å²) >= 11 is 1.46. The van der Waals surface area contributed by atoms with E-state index in [1.165, 1.54) is 11.3 Å². The van der Waals surface area contributed by atoms with Gasteiger partial charge >= 0.3 is 0 Å². The number of benzene rings is 1. The third-order valence-electron chi connectivity index (χ3n) is 5.92. The van der Waals surface area contributed by atoms with Crippen LogP contribution in [0.25, 0.3) is 21.3 Å². The summed E-state index contributed by atoms with van der Waals surface area (Å²) in [6.07, 6.45) is 7.21. The minimum atomic E-state index is -0.556. The fraction of sp³-hybridized carbons (Fsp3) is 0.500. The van der Waals surface area contributed by atoms with Gasteiger partial charge in [-0.25, -0.2) is 15.0 Å². The quantitative estimate of drug-likeness (QED) is 0.456. The molecule has 5 rings (SSSR count). The third-order valence-corrected chi connectivity index (χ3v) is 6.92. The van der Waals surface area contributed by atoms with Crippen molar-refractivity contribution in [3.63, 3.8) is 0 Å². The molecule has 2 aromatic heterocycles. The Bertz CT molecular complexity index is 1050. The molecule has 3 aromatic rings. The number of aliphatic hydroxyl groups excluding tert-OH is 2. The Hall–Kier alpha value is -2.33. The molecule has 1 unspecified atom stereocenters. The van der Waals surface area contributed by atoms with Crippen LogP contribution in [0.3, 0.4) is 0 Å². The predicted octanol–water partition coefficient (Wildman–Crippen LogP) is 3.33. The molecule has 3 atom stereocenters. The van der Waals surface area contributed by atoms with Gasteiger partial charge in [0.1, 0.15) is 18.6 Å². The van der Waals surface area contributed by atoms with Gasteiger partial charge in [-0.05, 0) is 44.2 Å². The highest BCUT2D eigenvalue weighted by Crippen LogP contribution is 2.41. The molecule has 2 aliphatic carbocycles. The normalized spacial score (nSPS) is 22.0. The maximum absolute atomic E-state index is 10.2. The number of rotatable bonds is 8. The van der Waals surface area contributed by atoms with Crippen molar-refractivity contribution in [2.45, 2.75) is 57.1 Å². The Balaban J connectivity index is 1.34. The monoisotopic (exact) mass is 442 g/mol. The van der Waals surface area contributed by atoms with Crippen molar-refractivity contribution in [3.8, 4) is 16.9 Å². The fourth-order valence-corrected chi connectivity index (χ4v) is 4.99. The number of anilines is 1. The van der Waals surface area contributed by atoms with Crippen LogP contribution in [0.5, 0.6) is 5.75 Å². The predicted molar refractivity (Wildman–Crippen MR) is 118 cm³/mol. The van der Waals surface area contributed by atoms with Gasteiger partial charge in [-0.15, -0.1) is 0 Å². The molecule has 9 heteroatoms. The first-order chi connectivity index (χ1) is 15.1. The zero-order valence-corrected chi connectivity index (χ0v) is 18.1. The van der Waals surface area contributed by atoms with Crippen LogP contribution in [-0.4, -0.2) is 50.7 Å². The van der Waals surface area contributed by atoms with Crippen molar-refractivity contribution in [2.24, 2.45) is 5.92 Å². The van der Waals surface area contributed by atoms with Crippen LogP contribution in [-0.2, 0) is 11.3 Å². The highest BCUT2D eigenvalue weighted by atomic mass is 32.1. The minimum Gasteiger partial charge on any atom is -0.495 e. The number of ether oxygens (including phenoxy) is 2. The maximum Gasteiger partial charge on any atom is 0.185 e. The van der Waals surface area contributed by atoms with Crippen LogP contribution >= 0.6 is 11.3 Å². The molecule has 164 valence electrons. The second-order valence-corrected chi connectivity index (χ2v) is 9.17. The van der Waals surface area contributed by atoms with E-state index in [1.807, 2.05) is 12.1 Å². The van der Waals surface area contributed by atoms with E-state index < -0.39 is 6.23 Å². The molecule has 2 heterocycles. The number of nitrogens with one attached hydrogen (secondary N) is 1. The lowest BCUT2D eigenvalue weighted by Crippen LogP contribution is -2.22. The van der Waals surface area contributed by atoms with E-state index in [4.69, 9.17) is 9.47 Å². The van der Waals surface area contributed by atoms with E-state index in [1.54, 1.807) is 19.5 Å². The number of hydrogen-bond acceptors (Lipinski definition) is 9. The average molecular weight is 443 g/mol. The van der Waals surface area contributed by atoms with E-state index in [0.717, 1.165) is 53.4 Å². The van der Waals surface area contributed by atoms with Crippen LogP contribution in [0.4, 0.5) is 5.13 Å². The smallest absolute Gasteiger partial charge is 0.185 e. The zero-order valence-electron chi connectivity index (χ0n) is 17.3. The standard InChI is InChI=1S/C22H26N4O4S/c1-29-19-14(7-8-15-20(19)31-22(25-15)26-21(28)12-5-6-12)13-9-23-18(24-10-13)11-30-17-4-2-3-16(17)27/h7-10,12,16-17,21,27-28H,2-6,11H2,1H3,(H,25,26)/t16-,17-,21?/m0/s1. The highest BCUT2D eigenvalue weighted by Gasteiger charge is 2.30. The first-order valence-corrected chi connectivity index (χ1v) is 11.5. The Kier molecular flexibility index (Phi) is 5.75. The molecule has 8 nitrogen and oxygen atoms in total. The molecule has 2 fully saturated rings. The van der Waals surface area contributed by atoms with Crippen LogP contribution < -0.4 is 10.1 Å². The van der Waals surface area contributed by atoms with E-state index >= 15 is 0 Å². The van der Waals surface area contributed by atoms with E-state index in [0.29, 0.717) is 22.6 Å². The number of fused-ring (bicyclic) bond motifs is 1. The molecule has 0 bridgehead atoms. The SMILES string of the molecule is COc1c(-c2cnc(CO[C@H]3CCC[C@@H]3O)nc2)ccc2nc(NC(O)C3CC3)sc12. The Morgan fingerprint density at radius 1 is 1.19 bits per heavy atom. The van der Waals surface area contributed by atoms with Crippen molar-refractivity contribution in [1.29, 1.82) is 0 Å². The molecule has 2 aliphatic rings. The molecule has 3 N–H and O–H groups in total. The number of hydrogen-bond donors (Lipinski definition) is 3. The van der Waals surface area contributed by atoms with Crippen molar-refractivity contribution < 1.29 is 19.7 Å². The van der Waals surface area contributed by atoms with Gasteiger partial charge in [0.25, 0.3) is 0 Å². The molecule has 0 amide bonds. The lowest BCUT2D eigenvalue weighted by atomic mass is 10.1. The first kappa shape index (κ1) is 20.6. The number of aromatic nitrogens is 3. The average Bonchev–Trinajstić information content (AvgIpc) is 3.44. The second kappa shape index (κ2) is 8.66. The topological polar surface area (TPSA) is 110 Å². The lowest BCUT2D eigenvalue weighted by molar-refractivity contribution is -0.0295. The maximum atomic E-state index is 10.2. The van der Waals surface area contributed by atoms with E-state index in [-0.39, 0.29) is 18.8 Å². The number of aliphatic hydroxyl groups is 2. The molecule has 2 saturated carbocycles. The molecule has 0 saturated heterocycles. The highest BCUT2D eigenvalue weighted by molar-refractivity contribution is 7.22. The van der Waals surface area contributed by atoms with Gasteiger partial charge in [0, 0.05) is 29.4 Å². The van der Waals surface area contributed by atoms with Crippen LogP contribution in [0.2, 0.25) is 0 Å². The van der Waals surface area contributed by atoms with Crippen molar-refractivity contribution in [1.82, 2.24) is 15.0 Å². The number of methoxy groups -OCH3 is 1. The van der Waals surface area contributed by atoms with Gasteiger partial charge in [-0.1, -0.05) is 11.3 Å². The Morgan fingerprint density at radius 2 is 2.00 bits per heavy atom. The Morgan fingerprint density at radius 3 is 2.68 bits per heavy atom. The molecule has 31 heavy (non-hydrogen) atoms. The summed E-state index contributed by atoms with van der Waals surface area (Å²) in [5, 5.41) is 23.8. The van der Waals surface area contributed by atoms with Gasteiger partial charge in [0.2, 0.25) is 0 Å². The molecular formula is C22H26N4O4S. The van der Waals surface area contributed by atoms with Crippen molar-refractivity contribution in [2.75, 3.05) is 12.4 Å². The van der Waals surface area contributed by atoms with Gasteiger partial charge in [-0.3, -0.25) is 0 Å². The van der Waals surface area contributed by atoms with Crippen LogP contribution in [0.1, 0.15) is 37.9 Å². The van der Waals surface area contributed by atoms with Gasteiger partial charge < -0.3 is 25.0 Å². The van der Waals surface area contributed by atoms with Crippen LogP contribution in [0, 0.1) is 5.92 Å². The summed E-state index contributed by atoms with van der Waals surface area (Å²) in [7, 11) is 1.64. The fourth-order valence-electron chi connectivity index (χ4n) is 3.97. The van der Waals surface area contributed by atoms with E-state index in [2.05, 4.69) is 20.3 Å². The summed E-state index contributed by atoms with van der Waals surface area (Å²) < 4.78 is 12.4. The second-order valence-electron chi connectivity index (χ2n) is 8.18. The zero-order chi connectivity index (χ0) is 21.4. The first-order valence-electron chi connectivity index (χ1n) is 10.7. The van der Waals surface area contributed by atoms with Gasteiger partial charge in [-0.2, -0.15) is 0 Å². The van der Waals surface area contributed by atoms with Gasteiger partial charge in [0.15, 0.2) is 11.0 Å². The largest absolute Gasteiger partial charge is 0.495 e. The molecule has 0 aliphatic heterocycles. The minimum absolute atomic E-state index is 0.127. The molecule has 0 spiro atoms. The van der Waals surface area contributed by atoms with Crippen molar-refractivity contribution in [3.05, 3.63) is 30.4 Å². The van der Waals surface area contributed by atoms with E-state index in [9.17, 15) is 10.2 Å². The summed E-state index contributed by atoms with van der Waals surface area (Å²) in [6.45, 7) is 0.283. The molecular weight excluding hydrogens is 416 g/mol. The van der Waals surface area contributed by atoms with Crippen molar-refractivity contribution >= 4 is 26.7 Å². The number of thiazole rings is 1. The lowest BCUT2D eigenvalue weighted by Gasteiger charge is -2.15. The third kappa shape index (κ3) is 4.36. The van der Waals surface area contributed by atoms with Crippen LogP contribution in [0.15, 0.2) is 24.5 Å². The molecule has 0 radical (unpaired) electrons. The Labute approximate surface area is 184 Å². The summed E-state index contributed by atoms with van der Waals surface area (Å²) in [6, 6.07) is 3.89. The molecule has 1 aromatic carbocycles. The summed E-state index contributed by atoms with van der Waals surface area (Å²) in [5.41, 5.74) is 2.54.